The Balaban J connectivity index is 2.44. The number of thioether (sulfide) groups is 1. The Morgan fingerprint density at radius 2 is 2.25 bits per heavy atom. The molecule has 0 spiro atoms. The lowest BCUT2D eigenvalue weighted by atomic mass is 9.91. The number of rotatable bonds is 0. The topological polar surface area (TPSA) is 0 Å². The SMILES string of the molecule is CC1CC(C)(C)[CH]S1. The fourth-order valence-electron chi connectivity index (χ4n) is 1.14. The van der Waals surface area contributed by atoms with E-state index in [1.165, 1.54) is 6.42 Å². The summed E-state index contributed by atoms with van der Waals surface area (Å²) in [5, 5.41) is 0.852. The molecule has 1 radical (unpaired) electrons. The first-order valence-electron chi connectivity index (χ1n) is 3.10. The van der Waals surface area contributed by atoms with E-state index in [4.69, 9.17) is 0 Å². The van der Waals surface area contributed by atoms with Crippen LogP contribution < -0.4 is 0 Å². The maximum absolute atomic E-state index is 2.36. The largest absolute Gasteiger partial charge is 0.154 e. The molecule has 47 valence electrons. The molecule has 1 atom stereocenters. The van der Waals surface area contributed by atoms with Crippen molar-refractivity contribution in [1.82, 2.24) is 0 Å². The van der Waals surface area contributed by atoms with Crippen molar-refractivity contribution < 1.29 is 0 Å². The van der Waals surface area contributed by atoms with Crippen LogP contribution in [-0.2, 0) is 0 Å². The maximum Gasteiger partial charge on any atom is 0.0225 e. The average molecular weight is 129 g/mol. The van der Waals surface area contributed by atoms with Gasteiger partial charge in [0, 0.05) is 11.0 Å². The van der Waals surface area contributed by atoms with Crippen molar-refractivity contribution in [2.45, 2.75) is 32.4 Å². The summed E-state index contributed by atoms with van der Waals surface area (Å²) in [5.41, 5.74) is 0.504. The van der Waals surface area contributed by atoms with E-state index in [1.807, 2.05) is 11.8 Å². The van der Waals surface area contributed by atoms with E-state index in [9.17, 15) is 0 Å². The van der Waals surface area contributed by atoms with Crippen molar-refractivity contribution in [2.75, 3.05) is 0 Å². The minimum absolute atomic E-state index is 0.504. The molecule has 0 bridgehead atoms. The fraction of sp³-hybridized carbons (Fsp3) is 0.857. The van der Waals surface area contributed by atoms with E-state index in [2.05, 4.69) is 26.5 Å². The van der Waals surface area contributed by atoms with E-state index < -0.39 is 0 Å². The van der Waals surface area contributed by atoms with Crippen LogP contribution in [0.1, 0.15) is 27.2 Å². The van der Waals surface area contributed by atoms with Crippen molar-refractivity contribution in [1.29, 1.82) is 0 Å². The standard InChI is InChI=1S/C7H13S/c1-6-4-7(2,3)5-8-6/h5-6H,4H2,1-3H3. The smallest absolute Gasteiger partial charge is 0.0225 e. The summed E-state index contributed by atoms with van der Waals surface area (Å²) in [5.74, 6) is 2.36. The highest BCUT2D eigenvalue weighted by Crippen LogP contribution is 2.43. The van der Waals surface area contributed by atoms with Gasteiger partial charge in [-0.1, -0.05) is 20.8 Å². The summed E-state index contributed by atoms with van der Waals surface area (Å²) < 4.78 is 0. The highest BCUT2D eigenvalue weighted by Gasteiger charge is 2.28. The summed E-state index contributed by atoms with van der Waals surface area (Å²) in [6.07, 6.45) is 1.34. The van der Waals surface area contributed by atoms with Gasteiger partial charge in [0.05, 0.1) is 0 Å². The van der Waals surface area contributed by atoms with E-state index >= 15 is 0 Å². The molecular formula is C7H13S. The zero-order valence-electron chi connectivity index (χ0n) is 5.77. The quantitative estimate of drug-likeness (QED) is 0.484. The highest BCUT2D eigenvalue weighted by molar-refractivity contribution is 8.02. The van der Waals surface area contributed by atoms with Crippen molar-refractivity contribution >= 4 is 11.8 Å². The van der Waals surface area contributed by atoms with Gasteiger partial charge in [-0.25, -0.2) is 0 Å². The van der Waals surface area contributed by atoms with Gasteiger partial charge in [0.2, 0.25) is 0 Å². The van der Waals surface area contributed by atoms with Crippen molar-refractivity contribution in [3.8, 4) is 0 Å². The Morgan fingerprint density at radius 1 is 1.62 bits per heavy atom. The third kappa shape index (κ3) is 1.41. The Labute approximate surface area is 56.0 Å². The minimum Gasteiger partial charge on any atom is -0.154 e. The summed E-state index contributed by atoms with van der Waals surface area (Å²) in [6.45, 7) is 6.88. The van der Waals surface area contributed by atoms with Gasteiger partial charge < -0.3 is 0 Å². The summed E-state index contributed by atoms with van der Waals surface area (Å²) in [6, 6.07) is 0. The predicted octanol–water partition coefficient (Wildman–Crippen LogP) is 2.70. The van der Waals surface area contributed by atoms with Crippen LogP contribution in [0.2, 0.25) is 0 Å². The van der Waals surface area contributed by atoms with Crippen molar-refractivity contribution in [3.05, 3.63) is 5.75 Å². The summed E-state index contributed by atoms with van der Waals surface area (Å²) in [7, 11) is 0. The second-order valence-corrected chi connectivity index (χ2v) is 4.57. The monoisotopic (exact) mass is 129 g/mol. The molecule has 0 aliphatic carbocycles. The summed E-state index contributed by atoms with van der Waals surface area (Å²) in [4.78, 5) is 0. The Kier molecular flexibility index (Phi) is 1.57. The van der Waals surface area contributed by atoms with Gasteiger partial charge in [-0.05, 0) is 11.8 Å². The Hall–Kier alpha value is 0.350. The molecule has 1 fully saturated rings. The van der Waals surface area contributed by atoms with Gasteiger partial charge >= 0.3 is 0 Å². The molecule has 0 saturated carbocycles. The molecule has 8 heavy (non-hydrogen) atoms. The maximum atomic E-state index is 2.36. The Morgan fingerprint density at radius 3 is 2.38 bits per heavy atom. The van der Waals surface area contributed by atoms with Crippen molar-refractivity contribution in [3.63, 3.8) is 0 Å². The molecule has 1 aliphatic rings. The number of hydrogen-bond donors (Lipinski definition) is 0. The van der Waals surface area contributed by atoms with Gasteiger partial charge in [0.15, 0.2) is 0 Å². The average Bonchev–Trinajstić information content (AvgIpc) is 1.82. The zero-order chi connectivity index (χ0) is 6.20. The second-order valence-electron chi connectivity index (χ2n) is 3.26. The van der Waals surface area contributed by atoms with Crippen LogP contribution in [0.3, 0.4) is 0 Å². The van der Waals surface area contributed by atoms with Crippen LogP contribution in [0.5, 0.6) is 0 Å². The molecule has 1 saturated heterocycles. The molecular weight excluding hydrogens is 116 g/mol. The molecule has 0 N–H and O–H groups in total. The lowest BCUT2D eigenvalue weighted by Crippen LogP contribution is -2.05. The van der Waals surface area contributed by atoms with Crippen LogP contribution in [0.4, 0.5) is 0 Å². The van der Waals surface area contributed by atoms with Crippen LogP contribution >= 0.6 is 11.8 Å². The third-order valence-corrected chi connectivity index (χ3v) is 2.84. The molecule has 0 aromatic rings. The second kappa shape index (κ2) is 1.94. The molecule has 0 aromatic carbocycles. The van der Waals surface area contributed by atoms with Gasteiger partial charge in [-0.15, -0.1) is 0 Å². The first-order chi connectivity index (χ1) is 3.60. The van der Waals surface area contributed by atoms with E-state index in [0.717, 1.165) is 5.25 Å². The number of hydrogen-bond acceptors (Lipinski definition) is 1. The minimum atomic E-state index is 0.504. The van der Waals surface area contributed by atoms with Crippen LogP contribution in [0, 0.1) is 11.2 Å². The molecule has 1 heteroatoms. The molecule has 0 aromatic heterocycles. The molecule has 1 aliphatic heterocycles. The molecule has 1 heterocycles. The van der Waals surface area contributed by atoms with Crippen LogP contribution in [-0.4, -0.2) is 5.25 Å². The summed E-state index contributed by atoms with van der Waals surface area (Å²) >= 11 is 1.98. The highest BCUT2D eigenvalue weighted by atomic mass is 32.2. The van der Waals surface area contributed by atoms with Gasteiger partial charge in [0.1, 0.15) is 0 Å². The Bertz CT molecular complexity index is 86.4. The molecule has 0 nitrogen and oxygen atoms in total. The first kappa shape index (κ1) is 6.47. The first-order valence-corrected chi connectivity index (χ1v) is 4.04. The van der Waals surface area contributed by atoms with Crippen molar-refractivity contribution in [2.24, 2.45) is 5.41 Å². The van der Waals surface area contributed by atoms with E-state index in [0.29, 0.717) is 5.41 Å². The molecule has 0 amide bonds. The normalized spacial score (nSPS) is 35.6. The van der Waals surface area contributed by atoms with Gasteiger partial charge in [-0.2, -0.15) is 11.8 Å². The van der Waals surface area contributed by atoms with E-state index in [-0.39, 0.29) is 0 Å². The zero-order valence-corrected chi connectivity index (χ0v) is 6.59. The van der Waals surface area contributed by atoms with Crippen LogP contribution in [0.25, 0.3) is 0 Å². The lowest BCUT2D eigenvalue weighted by molar-refractivity contribution is 0.443. The third-order valence-electron chi connectivity index (χ3n) is 1.43. The van der Waals surface area contributed by atoms with Gasteiger partial charge in [0.25, 0.3) is 0 Å². The fourth-order valence-corrected chi connectivity index (χ4v) is 2.36. The molecule has 1 unspecified atom stereocenters. The van der Waals surface area contributed by atoms with E-state index in [1.54, 1.807) is 0 Å². The lowest BCUT2D eigenvalue weighted by Gasteiger charge is -2.13. The van der Waals surface area contributed by atoms with Gasteiger partial charge in [-0.3, -0.25) is 0 Å². The molecule has 1 rings (SSSR count). The van der Waals surface area contributed by atoms with Crippen LogP contribution in [0.15, 0.2) is 0 Å². The predicted molar refractivity (Wildman–Crippen MR) is 39.8 cm³/mol.